The highest BCUT2D eigenvalue weighted by Crippen LogP contribution is 2.34. The van der Waals surface area contributed by atoms with E-state index in [4.69, 9.17) is 0 Å². The van der Waals surface area contributed by atoms with Crippen LogP contribution in [0.4, 0.5) is 13.2 Å². The summed E-state index contributed by atoms with van der Waals surface area (Å²) in [6, 6.07) is 11.2. The molecule has 4 rings (SSSR count). The van der Waals surface area contributed by atoms with Crippen molar-refractivity contribution in [3.05, 3.63) is 63.7 Å². The highest BCUT2D eigenvalue weighted by molar-refractivity contribution is 7.18. The number of halogens is 3. The molecule has 0 amide bonds. The van der Waals surface area contributed by atoms with Crippen molar-refractivity contribution in [3.63, 3.8) is 0 Å². The fourth-order valence-corrected chi connectivity index (χ4v) is 4.56. The monoisotopic (exact) mass is 400 g/mol. The van der Waals surface area contributed by atoms with Crippen molar-refractivity contribution in [1.29, 1.82) is 5.26 Å². The largest absolute Gasteiger partial charge is 0.416 e. The number of hydrogen-bond acceptors (Lipinski definition) is 4. The lowest BCUT2D eigenvalue weighted by atomic mass is 9.97. The number of nitrogens with zero attached hydrogens (tertiary/aromatic N) is 2. The first-order chi connectivity index (χ1) is 13.3. The zero-order valence-electron chi connectivity index (χ0n) is 14.7. The molecule has 1 heterocycles. The van der Waals surface area contributed by atoms with E-state index in [-0.39, 0.29) is 22.7 Å². The predicted molar refractivity (Wildman–Crippen MR) is 100 cm³/mol. The molecule has 2 aromatic carbocycles. The van der Waals surface area contributed by atoms with E-state index in [2.05, 4.69) is 4.98 Å². The summed E-state index contributed by atoms with van der Waals surface area (Å²) in [7, 11) is 0. The first kappa shape index (κ1) is 18.6. The SMILES string of the molecule is N#C[C@@H](C(=O)Cc1ccc2c(c1)CCC2)c1nc2cc(C(F)(F)F)ccc2s1. The zero-order valence-corrected chi connectivity index (χ0v) is 15.5. The molecular weight excluding hydrogens is 385 g/mol. The van der Waals surface area contributed by atoms with Crippen LogP contribution in [0.15, 0.2) is 36.4 Å². The molecule has 0 bridgehead atoms. The number of ketones is 1. The highest BCUT2D eigenvalue weighted by atomic mass is 32.1. The summed E-state index contributed by atoms with van der Waals surface area (Å²) in [4.78, 5) is 16.9. The lowest BCUT2D eigenvalue weighted by molar-refractivity contribution is -0.137. The average Bonchev–Trinajstić information content (AvgIpc) is 3.26. The number of aryl methyl sites for hydroxylation is 2. The van der Waals surface area contributed by atoms with Crippen LogP contribution in [-0.2, 0) is 30.2 Å². The molecule has 1 aliphatic rings. The summed E-state index contributed by atoms with van der Waals surface area (Å²) in [5, 5.41) is 9.75. The Morgan fingerprint density at radius 2 is 1.96 bits per heavy atom. The third kappa shape index (κ3) is 3.52. The number of alkyl halides is 3. The molecule has 3 aromatic rings. The van der Waals surface area contributed by atoms with Gasteiger partial charge in [-0.15, -0.1) is 11.3 Å². The highest BCUT2D eigenvalue weighted by Gasteiger charge is 2.31. The zero-order chi connectivity index (χ0) is 19.9. The standard InChI is InChI=1S/C21H15F3N2OS/c22-21(23,24)15-6-7-19-17(10-15)26-20(28-19)16(11-25)18(27)9-12-4-5-13-2-1-3-14(13)8-12/h4-8,10,16H,1-3,9H2/t16-/m0/s1. The van der Waals surface area contributed by atoms with Crippen LogP contribution in [0.2, 0.25) is 0 Å². The maximum atomic E-state index is 12.9. The summed E-state index contributed by atoms with van der Waals surface area (Å²) in [6.07, 6.45) is -1.20. The lowest BCUT2D eigenvalue weighted by Gasteiger charge is -2.07. The molecule has 142 valence electrons. The summed E-state index contributed by atoms with van der Waals surface area (Å²) in [6.45, 7) is 0. The van der Waals surface area contributed by atoms with Gasteiger partial charge >= 0.3 is 6.18 Å². The Morgan fingerprint density at radius 3 is 2.71 bits per heavy atom. The van der Waals surface area contributed by atoms with Crippen LogP contribution in [-0.4, -0.2) is 10.8 Å². The number of carbonyl (C=O) groups excluding carboxylic acids is 1. The molecule has 1 aliphatic carbocycles. The van der Waals surface area contributed by atoms with Gasteiger partial charge in [-0.2, -0.15) is 18.4 Å². The quantitative estimate of drug-likeness (QED) is 0.603. The molecule has 0 saturated heterocycles. The van der Waals surface area contributed by atoms with E-state index in [0.717, 1.165) is 48.3 Å². The first-order valence-electron chi connectivity index (χ1n) is 8.86. The van der Waals surface area contributed by atoms with Gasteiger partial charge in [-0.3, -0.25) is 4.79 Å². The van der Waals surface area contributed by atoms with Crippen molar-refractivity contribution in [3.8, 4) is 6.07 Å². The Hall–Kier alpha value is -2.72. The van der Waals surface area contributed by atoms with Gasteiger partial charge in [-0.25, -0.2) is 4.98 Å². The smallest absolute Gasteiger partial charge is 0.297 e. The van der Waals surface area contributed by atoms with Crippen LogP contribution < -0.4 is 0 Å². The number of thiazole rings is 1. The van der Waals surface area contributed by atoms with Gasteiger partial charge in [0, 0.05) is 6.42 Å². The molecule has 0 unspecified atom stereocenters. The molecule has 0 fully saturated rings. The molecule has 7 heteroatoms. The fourth-order valence-electron chi connectivity index (χ4n) is 3.55. The third-order valence-corrected chi connectivity index (χ3v) is 6.07. The molecule has 0 radical (unpaired) electrons. The van der Waals surface area contributed by atoms with Crippen LogP contribution in [0, 0.1) is 11.3 Å². The van der Waals surface area contributed by atoms with Crippen molar-refractivity contribution in [2.24, 2.45) is 0 Å². The number of carbonyl (C=O) groups is 1. The summed E-state index contributed by atoms with van der Waals surface area (Å²) in [5.41, 5.74) is 2.76. The second kappa shape index (κ2) is 7.02. The number of benzene rings is 2. The number of rotatable bonds is 4. The number of aromatic nitrogens is 1. The van der Waals surface area contributed by atoms with E-state index in [0.29, 0.717) is 4.70 Å². The Bertz CT molecular complexity index is 1110. The van der Waals surface area contributed by atoms with Crippen molar-refractivity contribution in [1.82, 2.24) is 4.98 Å². The third-order valence-electron chi connectivity index (χ3n) is 4.97. The molecule has 1 atom stereocenters. The van der Waals surface area contributed by atoms with Crippen molar-refractivity contribution < 1.29 is 18.0 Å². The number of hydrogen-bond donors (Lipinski definition) is 0. The van der Waals surface area contributed by atoms with Gasteiger partial charge in [-0.05, 0) is 54.2 Å². The van der Waals surface area contributed by atoms with Crippen molar-refractivity contribution >= 4 is 27.3 Å². The molecule has 1 aromatic heterocycles. The van der Waals surface area contributed by atoms with Gasteiger partial charge in [0.25, 0.3) is 0 Å². The van der Waals surface area contributed by atoms with E-state index >= 15 is 0 Å². The normalized spacial score (nSPS) is 14.6. The maximum Gasteiger partial charge on any atom is 0.416 e. The Morgan fingerprint density at radius 1 is 1.18 bits per heavy atom. The lowest BCUT2D eigenvalue weighted by Crippen LogP contribution is -2.13. The van der Waals surface area contributed by atoms with Gasteiger partial charge in [0.2, 0.25) is 0 Å². The van der Waals surface area contributed by atoms with Crippen LogP contribution in [0.1, 0.15) is 39.6 Å². The minimum absolute atomic E-state index is 0.106. The van der Waals surface area contributed by atoms with Crippen molar-refractivity contribution in [2.75, 3.05) is 0 Å². The van der Waals surface area contributed by atoms with Crippen LogP contribution >= 0.6 is 11.3 Å². The maximum absolute atomic E-state index is 12.9. The molecule has 0 spiro atoms. The predicted octanol–water partition coefficient (Wildman–Crippen LogP) is 5.22. The number of Topliss-reactive ketones (excluding diaryl/α,β-unsaturated/α-hetero) is 1. The van der Waals surface area contributed by atoms with Crippen LogP contribution in [0.25, 0.3) is 10.2 Å². The average molecular weight is 400 g/mol. The summed E-state index contributed by atoms with van der Waals surface area (Å²) < 4.78 is 39.2. The minimum Gasteiger partial charge on any atom is -0.297 e. The number of nitriles is 1. The Balaban J connectivity index is 1.59. The van der Waals surface area contributed by atoms with Crippen LogP contribution in [0.3, 0.4) is 0 Å². The van der Waals surface area contributed by atoms with Gasteiger partial charge in [0.15, 0.2) is 11.7 Å². The van der Waals surface area contributed by atoms with Gasteiger partial charge in [0.1, 0.15) is 5.01 Å². The van der Waals surface area contributed by atoms with E-state index in [1.165, 1.54) is 17.2 Å². The van der Waals surface area contributed by atoms with Gasteiger partial charge in [-0.1, -0.05) is 18.2 Å². The molecule has 3 nitrogen and oxygen atoms in total. The van der Waals surface area contributed by atoms with Gasteiger partial charge < -0.3 is 0 Å². The van der Waals surface area contributed by atoms with E-state index in [1.807, 2.05) is 24.3 Å². The molecule has 0 aliphatic heterocycles. The topological polar surface area (TPSA) is 53.8 Å². The Labute approximate surface area is 163 Å². The second-order valence-electron chi connectivity index (χ2n) is 6.89. The molecule has 0 saturated carbocycles. The molecule has 28 heavy (non-hydrogen) atoms. The molecule has 0 N–H and O–H groups in total. The van der Waals surface area contributed by atoms with Crippen molar-refractivity contribution in [2.45, 2.75) is 37.8 Å². The minimum atomic E-state index is -4.46. The van der Waals surface area contributed by atoms with E-state index in [1.54, 1.807) is 0 Å². The van der Waals surface area contributed by atoms with E-state index in [9.17, 15) is 23.2 Å². The van der Waals surface area contributed by atoms with Crippen LogP contribution in [0.5, 0.6) is 0 Å². The Kier molecular flexibility index (Phi) is 4.68. The molecular formula is C21H15F3N2OS. The summed E-state index contributed by atoms with van der Waals surface area (Å²) >= 11 is 1.09. The van der Waals surface area contributed by atoms with Gasteiger partial charge in [0.05, 0.1) is 21.8 Å². The fraction of sp³-hybridized carbons (Fsp3) is 0.286. The second-order valence-corrected chi connectivity index (χ2v) is 7.96. The number of fused-ring (bicyclic) bond motifs is 2. The first-order valence-corrected chi connectivity index (χ1v) is 9.67. The summed E-state index contributed by atoms with van der Waals surface area (Å²) in [5.74, 6) is -1.38. The van der Waals surface area contributed by atoms with E-state index < -0.39 is 17.7 Å².